The predicted octanol–water partition coefficient (Wildman–Crippen LogP) is 3.01. The highest BCUT2D eigenvalue weighted by Crippen LogP contribution is 2.19. The first-order valence-electron chi connectivity index (χ1n) is 4.93. The lowest BCUT2D eigenvalue weighted by atomic mass is 10.2. The van der Waals surface area contributed by atoms with Gasteiger partial charge in [0.2, 0.25) is 0 Å². The Balaban J connectivity index is 3.17. The van der Waals surface area contributed by atoms with Gasteiger partial charge in [0.1, 0.15) is 5.70 Å². The number of benzene rings is 1. The second-order valence-electron chi connectivity index (χ2n) is 3.23. The van der Waals surface area contributed by atoms with E-state index in [1.165, 1.54) is 20.2 Å². The molecular weight excluding hydrogens is 256 g/mol. The summed E-state index contributed by atoms with van der Waals surface area (Å²) in [7, 11) is 2.75. The molecule has 0 N–H and O–H groups in total. The largest absolute Gasteiger partial charge is 0.279 e. The number of nitrogens with zero attached hydrogens (tertiary/aromatic N) is 4. The molecule has 0 aliphatic carbocycles. The van der Waals surface area contributed by atoms with Crippen molar-refractivity contribution >= 4 is 23.6 Å². The van der Waals surface area contributed by atoms with E-state index in [1.807, 2.05) is 0 Å². The molecule has 0 heterocycles. The minimum atomic E-state index is -0.560. The first kappa shape index (κ1) is 14.1. The number of amides is 1. The molecule has 0 atom stereocenters. The molecule has 1 rings (SSSR count). The number of carbonyl (C=O) groups is 1. The van der Waals surface area contributed by atoms with Gasteiger partial charge in [0.05, 0.1) is 7.11 Å². The molecule has 1 aromatic rings. The predicted molar refractivity (Wildman–Crippen MR) is 68.4 cm³/mol. The fourth-order valence-corrected chi connectivity index (χ4v) is 1.36. The number of hydrogen-bond donors (Lipinski definition) is 0. The van der Waals surface area contributed by atoms with Crippen LogP contribution in [0.3, 0.4) is 0 Å². The number of carbonyl (C=O) groups excluding carboxylic acids is 1. The molecular formula is C11H11ClN4O2. The first-order valence-corrected chi connectivity index (χ1v) is 5.31. The fourth-order valence-electron chi connectivity index (χ4n) is 1.17. The Labute approximate surface area is 109 Å². The number of rotatable bonds is 4. The second-order valence-corrected chi connectivity index (χ2v) is 3.63. The quantitative estimate of drug-likeness (QED) is 0.276. The lowest BCUT2D eigenvalue weighted by Crippen LogP contribution is -2.26. The van der Waals surface area contributed by atoms with Crippen LogP contribution in [0, 0.1) is 0 Å². The molecule has 0 bridgehead atoms. The summed E-state index contributed by atoms with van der Waals surface area (Å²) in [6, 6.07) is 6.90. The molecule has 0 saturated heterocycles. The van der Waals surface area contributed by atoms with Gasteiger partial charge in [0, 0.05) is 17.0 Å². The summed E-state index contributed by atoms with van der Waals surface area (Å²) in [6.45, 7) is 0. The molecule has 0 saturated carbocycles. The molecule has 1 amide bonds. The van der Waals surface area contributed by atoms with Gasteiger partial charge in [-0.05, 0) is 23.2 Å². The molecule has 18 heavy (non-hydrogen) atoms. The van der Waals surface area contributed by atoms with E-state index in [2.05, 4.69) is 10.0 Å². The van der Waals surface area contributed by atoms with Crippen molar-refractivity contribution in [1.82, 2.24) is 5.06 Å². The summed E-state index contributed by atoms with van der Waals surface area (Å²) in [5.41, 5.74) is 8.94. The second kappa shape index (κ2) is 6.66. The molecule has 0 spiro atoms. The van der Waals surface area contributed by atoms with Crippen molar-refractivity contribution in [3.63, 3.8) is 0 Å². The van der Waals surface area contributed by atoms with Crippen LogP contribution in [0.5, 0.6) is 0 Å². The normalized spacial score (nSPS) is 10.7. The number of hydrogen-bond acceptors (Lipinski definition) is 3. The van der Waals surface area contributed by atoms with Crippen molar-refractivity contribution in [2.24, 2.45) is 5.11 Å². The zero-order chi connectivity index (χ0) is 13.5. The van der Waals surface area contributed by atoms with Gasteiger partial charge < -0.3 is 0 Å². The Bertz CT molecular complexity index is 524. The minimum Gasteiger partial charge on any atom is -0.274 e. The van der Waals surface area contributed by atoms with E-state index < -0.39 is 5.91 Å². The maximum Gasteiger partial charge on any atom is 0.279 e. The van der Waals surface area contributed by atoms with Gasteiger partial charge in [-0.3, -0.25) is 9.63 Å². The summed E-state index contributed by atoms with van der Waals surface area (Å²) in [5.74, 6) is -0.560. The summed E-state index contributed by atoms with van der Waals surface area (Å²) >= 11 is 5.95. The lowest BCUT2D eigenvalue weighted by molar-refractivity contribution is -0.163. The highest BCUT2D eigenvalue weighted by Gasteiger charge is 2.13. The molecule has 6 nitrogen and oxygen atoms in total. The Morgan fingerprint density at radius 2 is 2.22 bits per heavy atom. The number of azide groups is 1. The van der Waals surface area contributed by atoms with Crippen LogP contribution in [0.2, 0.25) is 5.02 Å². The number of hydroxylamine groups is 2. The van der Waals surface area contributed by atoms with Crippen molar-refractivity contribution in [1.29, 1.82) is 0 Å². The molecule has 0 unspecified atom stereocenters. The van der Waals surface area contributed by atoms with Crippen molar-refractivity contribution in [3.8, 4) is 0 Å². The maximum absolute atomic E-state index is 11.8. The van der Waals surface area contributed by atoms with E-state index in [4.69, 9.17) is 22.0 Å². The monoisotopic (exact) mass is 266 g/mol. The van der Waals surface area contributed by atoms with Crippen LogP contribution in [-0.4, -0.2) is 25.1 Å². The van der Waals surface area contributed by atoms with Gasteiger partial charge in [0.25, 0.3) is 5.91 Å². The zero-order valence-corrected chi connectivity index (χ0v) is 10.6. The van der Waals surface area contributed by atoms with E-state index in [-0.39, 0.29) is 5.70 Å². The summed E-state index contributed by atoms with van der Waals surface area (Å²) in [4.78, 5) is 19.1. The Kier molecular flexibility index (Phi) is 5.20. The van der Waals surface area contributed by atoms with Crippen molar-refractivity contribution in [2.45, 2.75) is 0 Å². The molecule has 1 aromatic carbocycles. The molecule has 0 aliphatic heterocycles. The van der Waals surface area contributed by atoms with Crippen molar-refractivity contribution in [2.75, 3.05) is 14.2 Å². The van der Waals surface area contributed by atoms with Crippen LogP contribution >= 0.6 is 11.6 Å². The molecule has 0 radical (unpaired) electrons. The van der Waals surface area contributed by atoms with E-state index in [0.29, 0.717) is 10.6 Å². The zero-order valence-electron chi connectivity index (χ0n) is 9.87. The van der Waals surface area contributed by atoms with Gasteiger partial charge in [-0.25, -0.2) is 5.06 Å². The molecule has 94 valence electrons. The first-order chi connectivity index (χ1) is 8.60. The van der Waals surface area contributed by atoms with Gasteiger partial charge >= 0.3 is 0 Å². The van der Waals surface area contributed by atoms with Crippen LogP contribution < -0.4 is 0 Å². The molecule has 0 aromatic heterocycles. The third-order valence-electron chi connectivity index (χ3n) is 2.13. The summed E-state index contributed by atoms with van der Waals surface area (Å²) in [5, 5.41) is 4.75. The van der Waals surface area contributed by atoms with E-state index in [0.717, 1.165) is 5.06 Å². The number of likely N-dealkylation sites (N-methyl/N-ethyl adjacent to an activating group) is 1. The van der Waals surface area contributed by atoms with E-state index in [9.17, 15) is 4.79 Å². The van der Waals surface area contributed by atoms with Crippen LogP contribution in [-0.2, 0) is 9.63 Å². The standard InChI is InChI=1S/C11H11ClN4O2/c1-16(18-2)11(17)10(14-15-13)7-8-5-3-4-6-9(8)12/h3-7H,1-2H3/b10-7-. The number of halogens is 1. The molecule has 7 heteroatoms. The summed E-state index contributed by atoms with van der Waals surface area (Å²) < 4.78 is 0. The van der Waals surface area contributed by atoms with Gasteiger partial charge in [-0.2, -0.15) is 0 Å². The van der Waals surface area contributed by atoms with Crippen LogP contribution in [0.1, 0.15) is 5.56 Å². The van der Waals surface area contributed by atoms with Crippen LogP contribution in [0.25, 0.3) is 16.5 Å². The Morgan fingerprint density at radius 1 is 1.56 bits per heavy atom. The minimum absolute atomic E-state index is 0.102. The third kappa shape index (κ3) is 3.49. The van der Waals surface area contributed by atoms with Crippen molar-refractivity contribution in [3.05, 3.63) is 51.0 Å². The average Bonchev–Trinajstić information content (AvgIpc) is 2.39. The average molecular weight is 267 g/mol. The van der Waals surface area contributed by atoms with Gasteiger partial charge in [-0.1, -0.05) is 34.9 Å². The molecule has 0 aliphatic rings. The van der Waals surface area contributed by atoms with E-state index in [1.54, 1.807) is 24.3 Å². The maximum atomic E-state index is 11.8. The van der Waals surface area contributed by atoms with Crippen LogP contribution in [0.15, 0.2) is 35.1 Å². The molecule has 0 fully saturated rings. The van der Waals surface area contributed by atoms with Gasteiger partial charge in [-0.15, -0.1) is 0 Å². The van der Waals surface area contributed by atoms with Crippen molar-refractivity contribution < 1.29 is 9.63 Å². The topological polar surface area (TPSA) is 78.3 Å². The lowest BCUT2D eigenvalue weighted by Gasteiger charge is -2.13. The fraction of sp³-hybridized carbons (Fsp3) is 0.182. The third-order valence-corrected chi connectivity index (χ3v) is 2.47. The van der Waals surface area contributed by atoms with Gasteiger partial charge in [0.15, 0.2) is 0 Å². The van der Waals surface area contributed by atoms with Crippen LogP contribution in [0.4, 0.5) is 0 Å². The highest BCUT2D eigenvalue weighted by molar-refractivity contribution is 6.32. The Morgan fingerprint density at radius 3 is 2.78 bits per heavy atom. The van der Waals surface area contributed by atoms with E-state index >= 15 is 0 Å². The summed E-state index contributed by atoms with van der Waals surface area (Å²) in [6.07, 6.45) is 1.40. The SMILES string of the molecule is CON(C)C(=O)/C(=C/c1ccccc1Cl)N=[N+]=[N-]. The smallest absolute Gasteiger partial charge is 0.274 e. The highest BCUT2D eigenvalue weighted by atomic mass is 35.5. The Hall–Kier alpha value is -2.01.